The van der Waals surface area contributed by atoms with E-state index in [1.807, 2.05) is 0 Å². The first-order valence-corrected chi connectivity index (χ1v) is 7.82. The van der Waals surface area contributed by atoms with Crippen LogP contribution in [0.4, 0.5) is 13.2 Å². The van der Waals surface area contributed by atoms with Gasteiger partial charge in [0.1, 0.15) is 0 Å². The van der Waals surface area contributed by atoms with Gasteiger partial charge in [-0.15, -0.1) is 11.6 Å². The summed E-state index contributed by atoms with van der Waals surface area (Å²) in [5.41, 5.74) is -1.21. The van der Waals surface area contributed by atoms with E-state index >= 15 is 0 Å². The Hall–Kier alpha value is -0.790. The van der Waals surface area contributed by atoms with Crippen molar-refractivity contribution in [2.45, 2.75) is 29.8 Å². The third kappa shape index (κ3) is 2.80. The van der Waals surface area contributed by atoms with Crippen molar-refractivity contribution in [3.63, 3.8) is 0 Å². The summed E-state index contributed by atoms with van der Waals surface area (Å²) in [6.45, 7) is 1.52. The Bertz CT molecular complexity index is 616. The highest BCUT2D eigenvalue weighted by Crippen LogP contribution is 2.35. The van der Waals surface area contributed by atoms with Crippen LogP contribution in [0.1, 0.15) is 17.5 Å². The van der Waals surface area contributed by atoms with Crippen molar-refractivity contribution < 1.29 is 21.6 Å². The predicted molar refractivity (Wildman–Crippen MR) is 69.2 cm³/mol. The lowest BCUT2D eigenvalue weighted by molar-refractivity contribution is -0.138. The molecule has 1 atom stereocenters. The molecule has 0 bridgehead atoms. The molecule has 112 valence electrons. The highest BCUT2D eigenvalue weighted by molar-refractivity contribution is 7.89. The van der Waals surface area contributed by atoms with E-state index in [9.17, 15) is 21.6 Å². The second-order valence-electron chi connectivity index (χ2n) is 4.68. The van der Waals surface area contributed by atoms with Crippen LogP contribution in [0.5, 0.6) is 0 Å². The summed E-state index contributed by atoms with van der Waals surface area (Å²) in [4.78, 5) is -0.307. The van der Waals surface area contributed by atoms with Gasteiger partial charge in [0.05, 0.1) is 10.5 Å². The van der Waals surface area contributed by atoms with E-state index in [1.54, 1.807) is 0 Å². The fourth-order valence-electron chi connectivity index (χ4n) is 2.25. The standard InChI is InChI=1S/C12H13ClF3NO2S/c1-8-10(12(14,15)16)3-2-4-11(8)20(18,19)17-6-5-9(13)7-17/h2-4,9H,5-7H2,1H3. The number of alkyl halides is 4. The molecule has 1 saturated heterocycles. The number of hydrogen-bond acceptors (Lipinski definition) is 2. The van der Waals surface area contributed by atoms with Crippen LogP contribution in [-0.4, -0.2) is 31.2 Å². The Morgan fingerprint density at radius 1 is 1.35 bits per heavy atom. The zero-order chi connectivity index (χ0) is 15.1. The third-order valence-corrected chi connectivity index (χ3v) is 5.67. The Labute approximate surface area is 120 Å². The molecule has 3 nitrogen and oxygen atoms in total. The SMILES string of the molecule is Cc1c(C(F)(F)F)cccc1S(=O)(=O)N1CCC(Cl)C1. The molecule has 8 heteroatoms. The van der Waals surface area contributed by atoms with Crippen LogP contribution in [0.25, 0.3) is 0 Å². The summed E-state index contributed by atoms with van der Waals surface area (Å²) in [6.07, 6.45) is -4.07. The fraction of sp³-hybridized carbons (Fsp3) is 0.500. The van der Waals surface area contributed by atoms with Crippen LogP contribution in [0.3, 0.4) is 0 Å². The van der Waals surface area contributed by atoms with E-state index in [0.29, 0.717) is 6.42 Å². The molecule has 1 heterocycles. The average molecular weight is 328 g/mol. The van der Waals surface area contributed by atoms with Gasteiger partial charge in [-0.3, -0.25) is 0 Å². The normalized spacial score (nSPS) is 21.4. The number of benzene rings is 1. The Morgan fingerprint density at radius 3 is 2.50 bits per heavy atom. The van der Waals surface area contributed by atoms with E-state index in [1.165, 1.54) is 13.0 Å². The molecule has 0 amide bonds. The molecular formula is C12H13ClF3NO2S. The van der Waals surface area contributed by atoms with Gasteiger partial charge in [0, 0.05) is 18.5 Å². The minimum Gasteiger partial charge on any atom is -0.207 e. The minimum absolute atomic E-state index is 0.125. The molecule has 1 aliphatic heterocycles. The Balaban J connectivity index is 2.48. The number of halogens is 4. The van der Waals surface area contributed by atoms with Gasteiger partial charge in [-0.1, -0.05) is 6.07 Å². The van der Waals surface area contributed by atoms with Gasteiger partial charge in [-0.2, -0.15) is 17.5 Å². The van der Waals surface area contributed by atoms with E-state index in [4.69, 9.17) is 11.6 Å². The molecule has 0 aliphatic carbocycles. The molecule has 1 aliphatic rings. The fourth-order valence-corrected chi connectivity index (χ4v) is 4.34. The van der Waals surface area contributed by atoms with Gasteiger partial charge >= 0.3 is 6.18 Å². The van der Waals surface area contributed by atoms with Gasteiger partial charge in [0.2, 0.25) is 10.0 Å². The third-order valence-electron chi connectivity index (χ3n) is 3.30. The molecule has 0 aromatic heterocycles. The summed E-state index contributed by atoms with van der Waals surface area (Å²) in [5, 5.41) is -0.295. The van der Waals surface area contributed by atoms with Crippen LogP contribution in [-0.2, 0) is 16.2 Å². The van der Waals surface area contributed by atoms with Crippen LogP contribution < -0.4 is 0 Å². The number of hydrogen-bond donors (Lipinski definition) is 0. The molecule has 0 radical (unpaired) electrons. The van der Waals surface area contributed by atoms with Gasteiger partial charge in [0.15, 0.2) is 0 Å². The molecule has 1 aromatic carbocycles. The highest BCUT2D eigenvalue weighted by Gasteiger charge is 2.37. The van der Waals surface area contributed by atoms with E-state index in [0.717, 1.165) is 16.4 Å². The van der Waals surface area contributed by atoms with Crippen molar-refractivity contribution in [3.05, 3.63) is 29.3 Å². The van der Waals surface area contributed by atoms with Gasteiger partial charge in [-0.05, 0) is 31.0 Å². The zero-order valence-electron chi connectivity index (χ0n) is 10.6. The van der Waals surface area contributed by atoms with Crippen molar-refractivity contribution >= 4 is 21.6 Å². The van der Waals surface area contributed by atoms with Crippen molar-refractivity contribution in [2.24, 2.45) is 0 Å². The summed E-state index contributed by atoms with van der Waals surface area (Å²) in [7, 11) is -3.94. The van der Waals surface area contributed by atoms with Crippen LogP contribution in [0, 0.1) is 6.92 Å². The van der Waals surface area contributed by atoms with Gasteiger partial charge < -0.3 is 0 Å². The monoisotopic (exact) mass is 327 g/mol. The summed E-state index contributed by atoms with van der Waals surface area (Å²) in [6, 6.07) is 3.18. The molecule has 2 rings (SSSR count). The van der Waals surface area contributed by atoms with Crippen LogP contribution in [0.15, 0.2) is 23.1 Å². The van der Waals surface area contributed by atoms with Gasteiger partial charge in [0.25, 0.3) is 0 Å². The lowest BCUT2D eigenvalue weighted by atomic mass is 10.1. The summed E-state index contributed by atoms with van der Waals surface area (Å²) >= 11 is 5.86. The minimum atomic E-state index is -4.57. The number of sulfonamides is 1. The van der Waals surface area contributed by atoms with Crippen molar-refractivity contribution in [1.29, 1.82) is 0 Å². The molecule has 0 N–H and O–H groups in total. The Kier molecular flexibility index (Phi) is 4.05. The van der Waals surface area contributed by atoms with Crippen molar-refractivity contribution in [3.8, 4) is 0 Å². The summed E-state index contributed by atoms with van der Waals surface area (Å²) < 4.78 is 64.4. The topological polar surface area (TPSA) is 37.4 Å². The first kappa shape index (κ1) is 15.6. The first-order chi connectivity index (χ1) is 9.14. The van der Waals surface area contributed by atoms with Gasteiger partial charge in [-0.25, -0.2) is 8.42 Å². The largest absolute Gasteiger partial charge is 0.416 e. The average Bonchev–Trinajstić information content (AvgIpc) is 2.75. The van der Waals surface area contributed by atoms with Crippen molar-refractivity contribution in [2.75, 3.05) is 13.1 Å². The maximum Gasteiger partial charge on any atom is 0.416 e. The Morgan fingerprint density at radius 2 is 2.00 bits per heavy atom. The van der Waals surface area contributed by atoms with Crippen molar-refractivity contribution in [1.82, 2.24) is 4.31 Å². The van der Waals surface area contributed by atoms with Crippen LogP contribution >= 0.6 is 11.6 Å². The molecule has 0 saturated carbocycles. The molecule has 20 heavy (non-hydrogen) atoms. The second-order valence-corrected chi connectivity index (χ2v) is 7.20. The van der Waals surface area contributed by atoms with E-state index in [-0.39, 0.29) is 28.9 Å². The predicted octanol–water partition coefficient (Wildman–Crippen LogP) is 3.02. The molecule has 1 aromatic rings. The maximum atomic E-state index is 12.8. The van der Waals surface area contributed by atoms with E-state index in [2.05, 4.69) is 0 Å². The molecule has 1 unspecified atom stereocenters. The first-order valence-electron chi connectivity index (χ1n) is 5.95. The van der Waals surface area contributed by atoms with E-state index < -0.39 is 21.8 Å². The molecule has 0 spiro atoms. The quantitative estimate of drug-likeness (QED) is 0.783. The zero-order valence-corrected chi connectivity index (χ0v) is 12.2. The number of nitrogens with zero attached hydrogens (tertiary/aromatic N) is 1. The lowest BCUT2D eigenvalue weighted by Gasteiger charge is -2.19. The number of rotatable bonds is 2. The lowest BCUT2D eigenvalue weighted by Crippen LogP contribution is -2.30. The highest BCUT2D eigenvalue weighted by atomic mass is 35.5. The molecular weight excluding hydrogens is 315 g/mol. The smallest absolute Gasteiger partial charge is 0.207 e. The molecule has 1 fully saturated rings. The van der Waals surface area contributed by atoms with Crippen LogP contribution in [0.2, 0.25) is 0 Å². The second kappa shape index (κ2) is 5.20. The maximum absolute atomic E-state index is 12.8. The summed E-state index contributed by atoms with van der Waals surface area (Å²) in [5.74, 6) is 0.